The van der Waals surface area contributed by atoms with Gasteiger partial charge in [0.25, 0.3) is 5.69 Å². The van der Waals surface area contributed by atoms with Crippen molar-refractivity contribution in [3.63, 3.8) is 0 Å². The monoisotopic (exact) mass is 261 g/mol. The van der Waals surface area contributed by atoms with Crippen LogP contribution >= 0.6 is 0 Å². The number of nitrogens with zero attached hydrogens (tertiary/aromatic N) is 1. The van der Waals surface area contributed by atoms with Gasteiger partial charge >= 0.3 is 5.97 Å². The Morgan fingerprint density at radius 1 is 1.42 bits per heavy atom. The summed E-state index contributed by atoms with van der Waals surface area (Å²) in [7, 11) is 0. The van der Waals surface area contributed by atoms with Crippen molar-refractivity contribution in [2.45, 2.75) is 6.92 Å². The quantitative estimate of drug-likeness (QED) is 0.480. The van der Waals surface area contributed by atoms with Gasteiger partial charge in [0.1, 0.15) is 5.76 Å². The molecule has 0 saturated heterocycles. The van der Waals surface area contributed by atoms with Gasteiger partial charge in [0, 0.05) is 17.7 Å². The molecule has 98 valence electrons. The number of esters is 1. The van der Waals surface area contributed by atoms with E-state index < -0.39 is 10.9 Å². The lowest BCUT2D eigenvalue weighted by Crippen LogP contribution is -2.05. The fourth-order valence-electron chi connectivity index (χ4n) is 1.63. The number of benzene rings is 1. The summed E-state index contributed by atoms with van der Waals surface area (Å²) in [6, 6.07) is 7.36. The van der Waals surface area contributed by atoms with Gasteiger partial charge in [0.15, 0.2) is 0 Å². The lowest BCUT2D eigenvalue weighted by atomic mass is 10.1. The predicted octanol–water partition coefficient (Wildman–Crippen LogP) is 3.03. The zero-order chi connectivity index (χ0) is 13.8. The zero-order valence-electron chi connectivity index (χ0n) is 10.2. The molecule has 0 amide bonds. The molecule has 0 aliphatic carbocycles. The van der Waals surface area contributed by atoms with Crippen molar-refractivity contribution in [1.82, 2.24) is 0 Å². The first kappa shape index (κ1) is 12.8. The maximum Gasteiger partial charge on any atom is 0.338 e. The molecule has 19 heavy (non-hydrogen) atoms. The lowest BCUT2D eigenvalue weighted by Gasteiger charge is -2.04. The summed E-state index contributed by atoms with van der Waals surface area (Å²) in [5, 5.41) is 10.9. The van der Waals surface area contributed by atoms with Gasteiger partial charge in [0.05, 0.1) is 23.4 Å². The molecular weight excluding hydrogens is 250 g/mol. The Balaban J connectivity index is 2.50. The van der Waals surface area contributed by atoms with Gasteiger partial charge in [-0.15, -0.1) is 0 Å². The number of nitro benzene ring substituents is 1. The molecule has 1 heterocycles. The van der Waals surface area contributed by atoms with E-state index in [0.29, 0.717) is 11.3 Å². The highest BCUT2D eigenvalue weighted by Crippen LogP contribution is 2.26. The number of carbonyl (C=O) groups is 1. The van der Waals surface area contributed by atoms with Crippen LogP contribution in [0.25, 0.3) is 11.3 Å². The largest absolute Gasteiger partial charge is 0.464 e. The molecule has 6 heteroatoms. The van der Waals surface area contributed by atoms with Crippen LogP contribution in [0.15, 0.2) is 41.0 Å². The standard InChI is InChI=1S/C13H11NO5/c1-2-18-13(15)10-6-9(12-4-3-5-19-12)7-11(8-10)14(16)17/h3-8H,2H2,1H3. The Hall–Kier alpha value is -2.63. The second kappa shape index (κ2) is 5.34. The highest BCUT2D eigenvalue weighted by molar-refractivity contribution is 5.91. The van der Waals surface area contributed by atoms with Gasteiger partial charge in [0.2, 0.25) is 0 Å². The second-order valence-corrected chi connectivity index (χ2v) is 3.72. The molecule has 6 nitrogen and oxygen atoms in total. The second-order valence-electron chi connectivity index (χ2n) is 3.72. The first-order chi connectivity index (χ1) is 9.11. The van der Waals surface area contributed by atoms with E-state index in [-0.39, 0.29) is 17.9 Å². The number of hydrogen-bond donors (Lipinski definition) is 0. The predicted molar refractivity (Wildman–Crippen MR) is 66.8 cm³/mol. The Bertz CT molecular complexity index is 604. The van der Waals surface area contributed by atoms with Crippen LogP contribution in [0.4, 0.5) is 5.69 Å². The summed E-state index contributed by atoms with van der Waals surface area (Å²) in [5.41, 5.74) is 0.404. The number of hydrogen-bond acceptors (Lipinski definition) is 5. The van der Waals surface area contributed by atoms with Crippen LogP contribution in [-0.4, -0.2) is 17.5 Å². The van der Waals surface area contributed by atoms with Crippen molar-refractivity contribution in [3.05, 3.63) is 52.3 Å². The number of furan rings is 1. The Labute approximate surface area is 108 Å². The topological polar surface area (TPSA) is 82.6 Å². The van der Waals surface area contributed by atoms with Crippen LogP contribution in [0.3, 0.4) is 0 Å². The smallest absolute Gasteiger partial charge is 0.338 e. The summed E-state index contributed by atoms with van der Waals surface area (Å²) < 4.78 is 10.0. The molecule has 1 aromatic heterocycles. The summed E-state index contributed by atoms with van der Waals surface area (Å²) in [6.07, 6.45) is 1.46. The number of rotatable bonds is 4. The van der Waals surface area contributed by atoms with Crippen molar-refractivity contribution in [2.75, 3.05) is 6.61 Å². The molecule has 2 aromatic rings. The van der Waals surface area contributed by atoms with Crippen molar-refractivity contribution in [3.8, 4) is 11.3 Å². The van der Waals surface area contributed by atoms with E-state index in [1.165, 1.54) is 24.5 Å². The van der Waals surface area contributed by atoms with Crippen LogP contribution in [0, 0.1) is 10.1 Å². The third-order valence-electron chi connectivity index (χ3n) is 2.45. The van der Waals surface area contributed by atoms with Gasteiger partial charge in [-0.1, -0.05) is 0 Å². The molecule has 0 aliphatic heterocycles. The van der Waals surface area contributed by atoms with Crippen LogP contribution < -0.4 is 0 Å². The van der Waals surface area contributed by atoms with E-state index in [1.807, 2.05) is 0 Å². The van der Waals surface area contributed by atoms with Crippen LogP contribution in [0.2, 0.25) is 0 Å². The molecule has 0 fully saturated rings. The van der Waals surface area contributed by atoms with Gasteiger partial charge < -0.3 is 9.15 Å². The van der Waals surface area contributed by atoms with Crippen molar-refractivity contribution in [2.24, 2.45) is 0 Å². The zero-order valence-corrected chi connectivity index (χ0v) is 10.2. The number of nitro groups is 1. The molecule has 0 N–H and O–H groups in total. The first-order valence-electron chi connectivity index (χ1n) is 5.62. The van der Waals surface area contributed by atoms with Crippen LogP contribution in [0.1, 0.15) is 17.3 Å². The molecular formula is C13H11NO5. The summed E-state index contributed by atoms with van der Waals surface area (Å²) in [6.45, 7) is 1.88. The molecule has 0 radical (unpaired) electrons. The van der Waals surface area contributed by atoms with Crippen LogP contribution in [-0.2, 0) is 4.74 Å². The van der Waals surface area contributed by atoms with E-state index >= 15 is 0 Å². The van der Waals surface area contributed by atoms with Crippen molar-refractivity contribution in [1.29, 1.82) is 0 Å². The first-order valence-corrected chi connectivity index (χ1v) is 5.62. The molecule has 0 unspecified atom stereocenters. The molecule has 0 spiro atoms. The van der Waals surface area contributed by atoms with Crippen molar-refractivity contribution >= 4 is 11.7 Å². The minimum atomic E-state index is -0.598. The summed E-state index contributed by atoms with van der Waals surface area (Å²) >= 11 is 0. The van der Waals surface area contributed by atoms with E-state index in [0.717, 1.165) is 0 Å². The normalized spacial score (nSPS) is 10.2. The Morgan fingerprint density at radius 3 is 2.79 bits per heavy atom. The fourth-order valence-corrected chi connectivity index (χ4v) is 1.63. The van der Waals surface area contributed by atoms with Crippen molar-refractivity contribution < 1.29 is 18.9 Å². The Kier molecular flexibility index (Phi) is 3.61. The van der Waals surface area contributed by atoms with Crippen LogP contribution in [0.5, 0.6) is 0 Å². The minimum Gasteiger partial charge on any atom is -0.464 e. The van der Waals surface area contributed by atoms with Gasteiger partial charge in [-0.2, -0.15) is 0 Å². The molecule has 2 rings (SSSR count). The molecule has 0 saturated carbocycles. The van der Waals surface area contributed by atoms with E-state index in [2.05, 4.69) is 0 Å². The molecule has 0 aliphatic rings. The van der Waals surface area contributed by atoms with Gasteiger partial charge in [-0.3, -0.25) is 10.1 Å². The molecule has 0 atom stereocenters. The average molecular weight is 261 g/mol. The maximum atomic E-state index is 11.7. The maximum absolute atomic E-state index is 11.7. The summed E-state index contributed by atoms with van der Waals surface area (Å²) in [4.78, 5) is 22.0. The fraction of sp³-hybridized carbons (Fsp3) is 0.154. The highest BCUT2D eigenvalue weighted by atomic mass is 16.6. The van der Waals surface area contributed by atoms with Gasteiger partial charge in [-0.05, 0) is 25.1 Å². The average Bonchev–Trinajstić information content (AvgIpc) is 2.92. The van der Waals surface area contributed by atoms with E-state index in [9.17, 15) is 14.9 Å². The van der Waals surface area contributed by atoms with E-state index in [1.54, 1.807) is 19.1 Å². The highest BCUT2D eigenvalue weighted by Gasteiger charge is 2.16. The molecule has 0 bridgehead atoms. The third-order valence-corrected chi connectivity index (χ3v) is 2.45. The number of ether oxygens (including phenoxy) is 1. The molecule has 1 aromatic carbocycles. The number of carbonyl (C=O) groups excluding carboxylic acids is 1. The third kappa shape index (κ3) is 2.79. The van der Waals surface area contributed by atoms with Gasteiger partial charge in [-0.25, -0.2) is 4.79 Å². The Morgan fingerprint density at radius 2 is 2.21 bits per heavy atom. The number of non-ortho nitro benzene ring substituents is 1. The minimum absolute atomic E-state index is 0.127. The SMILES string of the molecule is CCOC(=O)c1cc(-c2ccco2)cc([N+](=O)[O-])c1. The summed E-state index contributed by atoms with van der Waals surface area (Å²) in [5.74, 6) is -0.145. The lowest BCUT2D eigenvalue weighted by molar-refractivity contribution is -0.384. The van der Waals surface area contributed by atoms with E-state index in [4.69, 9.17) is 9.15 Å².